The lowest BCUT2D eigenvalue weighted by Gasteiger charge is -2.25. The number of para-hydroxylation sites is 2. The minimum Gasteiger partial charge on any atom is -0.434 e. The van der Waals surface area contributed by atoms with Gasteiger partial charge in [-0.15, -0.1) is 0 Å². The zero-order chi connectivity index (χ0) is 20.4. The highest BCUT2D eigenvalue weighted by Crippen LogP contribution is 2.34. The number of benzene rings is 3. The predicted octanol–water partition coefficient (Wildman–Crippen LogP) is 4.25. The summed E-state index contributed by atoms with van der Waals surface area (Å²) in [5, 5.41) is 0.262. The summed E-state index contributed by atoms with van der Waals surface area (Å²) >= 11 is 6.46. The largest absolute Gasteiger partial charge is 0.434 e. The first-order valence-corrected chi connectivity index (χ1v) is 9.49. The molecule has 4 aromatic rings. The van der Waals surface area contributed by atoms with Crippen molar-refractivity contribution in [2.75, 3.05) is 4.90 Å². The molecule has 0 unspecified atom stereocenters. The topological polar surface area (TPSA) is 38.4 Å². The number of nitrogens with zero attached hydrogens (tertiary/aromatic N) is 2. The molecule has 0 saturated heterocycles. The third kappa shape index (κ3) is 3.62. The first-order valence-electron chi connectivity index (χ1n) is 9.11. The van der Waals surface area contributed by atoms with Crippen LogP contribution in [0.5, 0.6) is 0 Å². The van der Waals surface area contributed by atoms with Crippen molar-refractivity contribution >= 4 is 40.3 Å². The van der Waals surface area contributed by atoms with Crippen molar-refractivity contribution in [3.05, 3.63) is 112 Å². The summed E-state index contributed by atoms with van der Waals surface area (Å²) < 4.78 is 6.77. The van der Waals surface area contributed by atoms with Crippen molar-refractivity contribution in [1.29, 1.82) is 0 Å². The van der Waals surface area contributed by atoms with Crippen molar-refractivity contribution in [2.45, 2.75) is 0 Å². The molecule has 0 aliphatic carbocycles. The zero-order valence-corrected chi connectivity index (χ0v) is 16.6. The van der Waals surface area contributed by atoms with Gasteiger partial charge in [0.05, 0.1) is 5.03 Å². The zero-order valence-electron chi connectivity index (χ0n) is 15.9. The summed E-state index contributed by atoms with van der Waals surface area (Å²) in [6.45, 7) is 3.70. The second-order valence-corrected chi connectivity index (χ2v) is 6.93. The molecular weight excluding hydrogens is 384 g/mol. The molecule has 0 fully saturated rings. The van der Waals surface area contributed by atoms with Gasteiger partial charge < -0.3 is 9.32 Å². The van der Waals surface area contributed by atoms with E-state index in [4.69, 9.17) is 16.0 Å². The third-order valence-corrected chi connectivity index (χ3v) is 5.09. The van der Waals surface area contributed by atoms with Crippen molar-refractivity contribution in [3.8, 4) is 0 Å². The fourth-order valence-electron chi connectivity index (χ4n) is 3.12. The fraction of sp³-hybridized carbons (Fsp3) is 0.0417. The molecule has 0 aliphatic heterocycles. The van der Waals surface area contributed by atoms with Crippen LogP contribution in [0.25, 0.3) is 11.6 Å². The molecule has 0 N–H and O–H groups in total. The van der Waals surface area contributed by atoms with Crippen molar-refractivity contribution in [3.63, 3.8) is 0 Å². The highest BCUT2D eigenvalue weighted by Gasteiger charge is 2.13. The molecule has 0 spiro atoms. The average Bonchev–Trinajstić information content (AvgIpc) is 3.03. The minimum atomic E-state index is -0.306. The van der Waals surface area contributed by atoms with Gasteiger partial charge in [-0.05, 0) is 48.5 Å². The molecular formula is C24H19ClN2O2. The van der Waals surface area contributed by atoms with Crippen LogP contribution in [0, 0.1) is 0 Å². The maximum Gasteiger partial charge on any atom is 0.297 e. The Bertz CT molecular complexity index is 1250. The van der Waals surface area contributed by atoms with Crippen LogP contribution in [-0.2, 0) is 7.05 Å². The second kappa shape index (κ2) is 7.86. The molecule has 1 heterocycles. The molecule has 0 atom stereocenters. The molecule has 0 amide bonds. The molecule has 0 bridgehead atoms. The van der Waals surface area contributed by atoms with E-state index in [-0.39, 0.29) is 21.6 Å². The lowest BCUT2D eigenvalue weighted by atomic mass is 10.1. The van der Waals surface area contributed by atoms with E-state index in [9.17, 15) is 4.79 Å². The van der Waals surface area contributed by atoms with E-state index in [1.165, 1.54) is 4.57 Å². The van der Waals surface area contributed by atoms with Gasteiger partial charge in [-0.1, -0.05) is 60.1 Å². The van der Waals surface area contributed by atoms with Crippen LogP contribution >= 0.6 is 11.6 Å². The van der Waals surface area contributed by atoms with Gasteiger partial charge >= 0.3 is 0 Å². The Morgan fingerprint density at radius 2 is 1.34 bits per heavy atom. The van der Waals surface area contributed by atoms with E-state index in [0.717, 1.165) is 17.1 Å². The van der Waals surface area contributed by atoms with Crippen LogP contribution in [0.2, 0.25) is 0 Å². The maximum absolute atomic E-state index is 12.3. The number of aromatic nitrogens is 1. The summed E-state index contributed by atoms with van der Waals surface area (Å²) in [6.07, 6.45) is 0. The van der Waals surface area contributed by atoms with Gasteiger partial charge in [-0.3, -0.25) is 9.36 Å². The summed E-state index contributed by atoms with van der Waals surface area (Å²) in [7, 11) is 1.60. The standard InChI is InChI=1S/C24H19ClN2O2/c1-17-26(2)24(28)23(29-17)22(25)18-13-15-21(16-14-18)27(19-9-5-3-6-10-19)20-11-7-4-8-12-20/h3-16H,1H2,2H3/b23-22-. The van der Waals surface area contributed by atoms with Gasteiger partial charge in [0.15, 0.2) is 5.55 Å². The van der Waals surface area contributed by atoms with E-state index >= 15 is 0 Å². The number of rotatable bonds is 4. The Morgan fingerprint density at radius 3 is 1.79 bits per heavy atom. The second-order valence-electron chi connectivity index (χ2n) is 6.56. The predicted molar refractivity (Wildman–Crippen MR) is 118 cm³/mol. The third-order valence-electron chi connectivity index (χ3n) is 4.70. The van der Waals surface area contributed by atoms with Gasteiger partial charge in [0.25, 0.3) is 5.56 Å². The fourth-order valence-corrected chi connectivity index (χ4v) is 3.37. The number of oxazole rings is 1. The molecule has 0 saturated carbocycles. The van der Waals surface area contributed by atoms with Gasteiger partial charge in [-0.2, -0.15) is 0 Å². The van der Waals surface area contributed by atoms with E-state index < -0.39 is 0 Å². The molecule has 4 nitrogen and oxygen atoms in total. The first-order chi connectivity index (χ1) is 14.1. The number of hydrogen-bond acceptors (Lipinski definition) is 3. The van der Waals surface area contributed by atoms with Gasteiger partial charge in [0.1, 0.15) is 0 Å². The van der Waals surface area contributed by atoms with Crippen LogP contribution in [-0.4, -0.2) is 4.57 Å². The molecule has 0 radical (unpaired) electrons. The van der Waals surface area contributed by atoms with Crippen LogP contribution in [0.4, 0.5) is 17.1 Å². The van der Waals surface area contributed by atoms with Crippen LogP contribution < -0.4 is 21.4 Å². The number of anilines is 3. The molecule has 1 aromatic heterocycles. The monoisotopic (exact) mass is 402 g/mol. The number of hydrogen-bond donors (Lipinski definition) is 0. The smallest absolute Gasteiger partial charge is 0.297 e. The van der Waals surface area contributed by atoms with Crippen molar-refractivity contribution in [2.24, 2.45) is 7.05 Å². The average molecular weight is 403 g/mol. The first kappa shape index (κ1) is 18.8. The van der Waals surface area contributed by atoms with E-state index in [1.54, 1.807) is 7.05 Å². The van der Waals surface area contributed by atoms with Crippen LogP contribution in [0.3, 0.4) is 0 Å². The minimum absolute atomic E-state index is 0.0925. The highest BCUT2D eigenvalue weighted by atomic mass is 35.5. The van der Waals surface area contributed by atoms with E-state index in [0.29, 0.717) is 5.56 Å². The quantitative estimate of drug-likeness (QED) is 0.512. The normalized spacial score (nSPS) is 11.9. The van der Waals surface area contributed by atoms with Crippen molar-refractivity contribution in [1.82, 2.24) is 4.57 Å². The van der Waals surface area contributed by atoms with E-state index in [1.807, 2.05) is 60.7 Å². The number of halogens is 1. The Labute approximate surface area is 173 Å². The highest BCUT2D eigenvalue weighted by molar-refractivity contribution is 6.48. The Kier molecular flexibility index (Phi) is 5.10. The van der Waals surface area contributed by atoms with Gasteiger partial charge in [0, 0.05) is 24.1 Å². The van der Waals surface area contributed by atoms with Crippen molar-refractivity contribution < 1.29 is 4.42 Å². The maximum atomic E-state index is 12.3. The molecule has 144 valence electrons. The van der Waals surface area contributed by atoms with Gasteiger partial charge in [-0.25, -0.2) is 0 Å². The van der Waals surface area contributed by atoms with Crippen LogP contribution in [0.15, 0.2) is 94.1 Å². The SMILES string of the molecule is C=c1o/c(=C(\Cl)c2ccc(N(c3ccccc3)c3ccccc3)cc2)c(=O)n1C. The Balaban J connectivity index is 1.80. The summed E-state index contributed by atoms with van der Waals surface area (Å²) in [5.74, 6) is 0. The Hall–Kier alpha value is -3.50. The van der Waals surface area contributed by atoms with E-state index in [2.05, 4.69) is 35.7 Å². The lowest BCUT2D eigenvalue weighted by Crippen LogP contribution is -2.29. The Morgan fingerprint density at radius 1 is 0.862 bits per heavy atom. The molecule has 29 heavy (non-hydrogen) atoms. The summed E-state index contributed by atoms with van der Waals surface area (Å²) in [6, 6.07) is 27.9. The van der Waals surface area contributed by atoms with Gasteiger partial charge in [0.2, 0.25) is 5.42 Å². The lowest BCUT2D eigenvalue weighted by molar-refractivity contribution is 0.476. The summed E-state index contributed by atoms with van der Waals surface area (Å²) in [4.78, 5) is 14.4. The summed E-state index contributed by atoms with van der Waals surface area (Å²) in [5.41, 5.74) is 3.81. The van der Waals surface area contributed by atoms with Crippen LogP contribution in [0.1, 0.15) is 5.56 Å². The molecule has 3 aromatic carbocycles. The molecule has 4 rings (SSSR count). The molecule has 5 heteroatoms. The molecule has 0 aliphatic rings.